The van der Waals surface area contributed by atoms with Crippen LogP contribution < -0.4 is 5.32 Å². The van der Waals surface area contributed by atoms with Gasteiger partial charge in [-0.2, -0.15) is 0 Å². The van der Waals surface area contributed by atoms with E-state index in [1.807, 2.05) is 0 Å². The van der Waals surface area contributed by atoms with Crippen LogP contribution in [0.5, 0.6) is 0 Å². The molecule has 1 N–H and O–H groups in total. The van der Waals surface area contributed by atoms with E-state index in [4.69, 9.17) is 11.6 Å². The highest BCUT2D eigenvalue weighted by Gasteiger charge is 2.20. The van der Waals surface area contributed by atoms with Crippen molar-refractivity contribution in [3.63, 3.8) is 0 Å². The molecule has 1 aliphatic heterocycles. The molecule has 102 valence electrons. The number of aromatic nitrogens is 2. The SMILES string of the molecule is CC(C)N(Cc1nnsc1Cl)CC1CCCNC1. The van der Waals surface area contributed by atoms with E-state index in [9.17, 15) is 0 Å². The number of rotatable bonds is 5. The third-order valence-corrected chi connectivity index (χ3v) is 4.47. The minimum Gasteiger partial charge on any atom is -0.316 e. The Kier molecular flexibility index (Phi) is 5.36. The van der Waals surface area contributed by atoms with Crippen LogP contribution in [0.2, 0.25) is 4.34 Å². The molecule has 1 saturated heterocycles. The zero-order valence-electron chi connectivity index (χ0n) is 11.0. The predicted octanol–water partition coefficient (Wildman–Crippen LogP) is 2.40. The molecule has 1 fully saturated rings. The molecule has 0 spiro atoms. The van der Waals surface area contributed by atoms with E-state index in [0.717, 1.165) is 35.6 Å². The molecular formula is C12H21ClN4S. The molecule has 0 saturated carbocycles. The van der Waals surface area contributed by atoms with Gasteiger partial charge in [-0.25, -0.2) is 0 Å². The van der Waals surface area contributed by atoms with Crippen molar-refractivity contribution >= 4 is 23.1 Å². The molecule has 18 heavy (non-hydrogen) atoms. The van der Waals surface area contributed by atoms with Gasteiger partial charge in [0.15, 0.2) is 0 Å². The molecule has 0 amide bonds. The van der Waals surface area contributed by atoms with Crippen molar-refractivity contribution < 1.29 is 0 Å². The molecule has 0 radical (unpaired) electrons. The van der Waals surface area contributed by atoms with Crippen LogP contribution in [-0.2, 0) is 6.54 Å². The molecule has 6 heteroatoms. The molecule has 1 unspecified atom stereocenters. The third-order valence-electron chi connectivity index (χ3n) is 3.48. The minimum atomic E-state index is 0.504. The fourth-order valence-electron chi connectivity index (χ4n) is 2.35. The Morgan fingerprint density at radius 2 is 2.39 bits per heavy atom. The minimum absolute atomic E-state index is 0.504. The zero-order valence-corrected chi connectivity index (χ0v) is 12.6. The molecule has 1 atom stereocenters. The van der Waals surface area contributed by atoms with Crippen LogP contribution in [0.4, 0.5) is 0 Å². The second-order valence-corrected chi connectivity index (χ2v) is 6.59. The van der Waals surface area contributed by atoms with Crippen molar-refractivity contribution in [3.8, 4) is 0 Å². The van der Waals surface area contributed by atoms with Crippen LogP contribution in [0.15, 0.2) is 0 Å². The molecule has 4 nitrogen and oxygen atoms in total. The van der Waals surface area contributed by atoms with Gasteiger partial charge in [-0.1, -0.05) is 16.1 Å². The van der Waals surface area contributed by atoms with E-state index in [0.29, 0.717) is 6.04 Å². The van der Waals surface area contributed by atoms with Crippen LogP contribution in [0.3, 0.4) is 0 Å². The van der Waals surface area contributed by atoms with Crippen LogP contribution in [0.1, 0.15) is 32.4 Å². The van der Waals surface area contributed by atoms with Gasteiger partial charge in [0.1, 0.15) is 10.0 Å². The Morgan fingerprint density at radius 3 is 2.94 bits per heavy atom. The Hall–Kier alpha value is -0.230. The van der Waals surface area contributed by atoms with Gasteiger partial charge < -0.3 is 5.32 Å². The summed E-state index contributed by atoms with van der Waals surface area (Å²) in [5, 5.41) is 7.58. The number of piperidine rings is 1. The largest absolute Gasteiger partial charge is 0.316 e. The second kappa shape index (κ2) is 6.80. The fourth-order valence-corrected chi connectivity index (χ4v) is 2.97. The molecule has 0 aromatic carbocycles. The molecule has 0 bridgehead atoms. The van der Waals surface area contributed by atoms with Crippen LogP contribution in [0, 0.1) is 5.92 Å². The smallest absolute Gasteiger partial charge is 0.138 e. The maximum Gasteiger partial charge on any atom is 0.138 e. The normalized spacial score (nSPS) is 20.8. The summed E-state index contributed by atoms with van der Waals surface area (Å²) < 4.78 is 4.63. The third kappa shape index (κ3) is 3.88. The van der Waals surface area contributed by atoms with Gasteiger partial charge in [-0.3, -0.25) is 4.90 Å². The van der Waals surface area contributed by atoms with E-state index in [2.05, 4.69) is 33.7 Å². The lowest BCUT2D eigenvalue weighted by atomic mass is 9.98. The maximum atomic E-state index is 6.09. The van der Waals surface area contributed by atoms with E-state index < -0.39 is 0 Å². The fraction of sp³-hybridized carbons (Fsp3) is 0.833. The summed E-state index contributed by atoms with van der Waals surface area (Å²) in [7, 11) is 0. The molecule has 2 rings (SSSR count). The Balaban J connectivity index is 1.93. The standard InChI is InChI=1S/C12H21ClN4S/c1-9(2)17(7-10-4-3-5-14-6-10)8-11-12(13)18-16-15-11/h9-10,14H,3-8H2,1-2H3. The van der Waals surface area contributed by atoms with Crippen LogP contribution in [0.25, 0.3) is 0 Å². The molecular weight excluding hydrogens is 268 g/mol. The predicted molar refractivity (Wildman–Crippen MR) is 76.1 cm³/mol. The first-order chi connectivity index (χ1) is 8.66. The Bertz CT molecular complexity index is 363. The molecule has 0 aliphatic carbocycles. The summed E-state index contributed by atoms with van der Waals surface area (Å²) in [5.74, 6) is 0.742. The van der Waals surface area contributed by atoms with Crippen molar-refractivity contribution in [2.75, 3.05) is 19.6 Å². The van der Waals surface area contributed by atoms with E-state index in [1.165, 1.54) is 30.9 Å². The molecule has 1 aliphatic rings. The summed E-state index contributed by atoms with van der Waals surface area (Å²) in [6.07, 6.45) is 2.61. The summed E-state index contributed by atoms with van der Waals surface area (Å²) in [5.41, 5.74) is 0.916. The van der Waals surface area contributed by atoms with Crippen molar-refractivity contribution in [1.29, 1.82) is 0 Å². The monoisotopic (exact) mass is 288 g/mol. The number of halogens is 1. The van der Waals surface area contributed by atoms with Crippen molar-refractivity contribution in [3.05, 3.63) is 10.0 Å². The van der Waals surface area contributed by atoms with Gasteiger partial charge in [0.25, 0.3) is 0 Å². The van der Waals surface area contributed by atoms with Crippen LogP contribution in [-0.4, -0.2) is 40.2 Å². The topological polar surface area (TPSA) is 41.1 Å². The molecule has 1 aromatic rings. The van der Waals surface area contributed by atoms with Gasteiger partial charge in [-0.15, -0.1) is 5.10 Å². The summed E-state index contributed by atoms with van der Waals surface area (Å²) >= 11 is 7.36. The summed E-state index contributed by atoms with van der Waals surface area (Å²) in [6, 6.07) is 0.504. The quantitative estimate of drug-likeness (QED) is 0.903. The Morgan fingerprint density at radius 1 is 1.56 bits per heavy atom. The van der Waals surface area contributed by atoms with Gasteiger partial charge >= 0.3 is 0 Å². The molecule has 1 aromatic heterocycles. The highest BCUT2D eigenvalue weighted by molar-refractivity contribution is 7.10. The molecule has 2 heterocycles. The number of hydrogen-bond acceptors (Lipinski definition) is 5. The first kappa shape index (κ1) is 14.2. The van der Waals surface area contributed by atoms with Crippen molar-refractivity contribution in [2.24, 2.45) is 5.92 Å². The second-order valence-electron chi connectivity index (χ2n) is 5.23. The van der Waals surface area contributed by atoms with Crippen LogP contribution >= 0.6 is 23.1 Å². The number of nitrogens with zero attached hydrogens (tertiary/aromatic N) is 3. The average molecular weight is 289 g/mol. The van der Waals surface area contributed by atoms with E-state index in [1.54, 1.807) is 0 Å². The van der Waals surface area contributed by atoms with Crippen molar-refractivity contribution in [2.45, 2.75) is 39.3 Å². The van der Waals surface area contributed by atoms with Gasteiger partial charge in [0, 0.05) is 30.7 Å². The first-order valence-electron chi connectivity index (χ1n) is 6.58. The summed E-state index contributed by atoms with van der Waals surface area (Å²) in [4.78, 5) is 2.44. The first-order valence-corrected chi connectivity index (χ1v) is 7.73. The van der Waals surface area contributed by atoms with Crippen molar-refractivity contribution in [1.82, 2.24) is 19.8 Å². The zero-order chi connectivity index (χ0) is 13.0. The highest BCUT2D eigenvalue weighted by Crippen LogP contribution is 2.21. The lowest BCUT2D eigenvalue weighted by Gasteiger charge is -2.32. The maximum absolute atomic E-state index is 6.09. The van der Waals surface area contributed by atoms with Gasteiger partial charge in [-0.05, 0) is 45.7 Å². The highest BCUT2D eigenvalue weighted by atomic mass is 35.5. The summed E-state index contributed by atoms with van der Waals surface area (Å²) in [6.45, 7) is 8.67. The van der Waals surface area contributed by atoms with Gasteiger partial charge in [0.05, 0.1) is 0 Å². The number of hydrogen-bond donors (Lipinski definition) is 1. The van der Waals surface area contributed by atoms with E-state index >= 15 is 0 Å². The van der Waals surface area contributed by atoms with E-state index in [-0.39, 0.29) is 0 Å². The lowest BCUT2D eigenvalue weighted by Crippen LogP contribution is -2.40. The van der Waals surface area contributed by atoms with Gasteiger partial charge in [0.2, 0.25) is 0 Å². The average Bonchev–Trinajstić information content (AvgIpc) is 2.75. The Labute approximate surface area is 118 Å². The number of nitrogens with one attached hydrogen (secondary N) is 1. The lowest BCUT2D eigenvalue weighted by molar-refractivity contribution is 0.162.